The summed E-state index contributed by atoms with van der Waals surface area (Å²) < 4.78 is 13.1. The van der Waals surface area contributed by atoms with Crippen molar-refractivity contribution in [2.24, 2.45) is 0 Å². The maximum absolute atomic E-state index is 13.5. The predicted molar refractivity (Wildman–Crippen MR) is 108 cm³/mol. The Balaban J connectivity index is 1.56. The summed E-state index contributed by atoms with van der Waals surface area (Å²) in [5, 5.41) is 9.48. The molecule has 0 saturated carbocycles. The van der Waals surface area contributed by atoms with Crippen LogP contribution in [0, 0.1) is 6.92 Å². The number of thioether (sulfide) groups is 1. The molecule has 0 spiro atoms. The van der Waals surface area contributed by atoms with Crippen molar-refractivity contribution in [1.29, 1.82) is 0 Å². The van der Waals surface area contributed by atoms with Gasteiger partial charge in [0.05, 0.1) is 23.8 Å². The fourth-order valence-electron chi connectivity index (χ4n) is 4.01. The van der Waals surface area contributed by atoms with Crippen LogP contribution in [0.2, 0.25) is 0 Å². The normalized spacial score (nSPS) is 19.4. The van der Waals surface area contributed by atoms with Gasteiger partial charge in [-0.15, -0.1) is 21.5 Å². The van der Waals surface area contributed by atoms with E-state index in [4.69, 9.17) is 14.1 Å². The molecule has 1 unspecified atom stereocenters. The van der Waals surface area contributed by atoms with E-state index in [2.05, 4.69) is 10.2 Å². The zero-order valence-electron chi connectivity index (χ0n) is 15.8. The van der Waals surface area contributed by atoms with E-state index in [1.165, 1.54) is 28.6 Å². The monoisotopic (exact) mass is 418 g/mol. The molecule has 1 aliphatic heterocycles. The highest BCUT2D eigenvalue weighted by Crippen LogP contribution is 2.35. The molecule has 9 heteroatoms. The Morgan fingerprint density at radius 2 is 2.14 bits per heavy atom. The molecule has 1 aliphatic carbocycles. The Morgan fingerprint density at radius 1 is 1.25 bits per heavy atom. The lowest BCUT2D eigenvalue weighted by Gasteiger charge is -2.16. The lowest BCUT2D eigenvalue weighted by Crippen LogP contribution is -2.29. The molecule has 148 valence electrons. The first-order chi connectivity index (χ1) is 13.7. The number of aromatic nitrogens is 4. The van der Waals surface area contributed by atoms with E-state index >= 15 is 0 Å². The fraction of sp³-hybridized carbons (Fsp3) is 0.579. The molecule has 0 radical (unpaired) electrons. The molecule has 3 aromatic heterocycles. The summed E-state index contributed by atoms with van der Waals surface area (Å²) in [5.41, 5.74) is 1.30. The van der Waals surface area contributed by atoms with Gasteiger partial charge in [0.2, 0.25) is 11.8 Å². The van der Waals surface area contributed by atoms with Crippen LogP contribution in [-0.4, -0.2) is 32.5 Å². The molecule has 3 aromatic rings. The highest BCUT2D eigenvalue weighted by molar-refractivity contribution is 7.98. The number of fused-ring (bicyclic) bond motifs is 3. The van der Waals surface area contributed by atoms with Gasteiger partial charge < -0.3 is 9.15 Å². The van der Waals surface area contributed by atoms with Crippen molar-refractivity contribution in [3.63, 3.8) is 0 Å². The SMILES string of the molecule is Cc1nnc(CSc2nc3sc4c(c3c(=O)n2CC2CCCO2)CCCC4)o1. The lowest BCUT2D eigenvalue weighted by molar-refractivity contribution is 0.0937. The van der Waals surface area contributed by atoms with Crippen molar-refractivity contribution in [2.45, 2.75) is 69.0 Å². The van der Waals surface area contributed by atoms with Crippen molar-refractivity contribution < 1.29 is 9.15 Å². The van der Waals surface area contributed by atoms with Crippen molar-refractivity contribution in [3.05, 3.63) is 32.6 Å². The van der Waals surface area contributed by atoms with Crippen LogP contribution < -0.4 is 5.56 Å². The molecule has 0 amide bonds. The first-order valence-electron chi connectivity index (χ1n) is 9.77. The predicted octanol–water partition coefficient (Wildman–Crippen LogP) is 3.50. The Labute approximate surface area is 170 Å². The van der Waals surface area contributed by atoms with Gasteiger partial charge in [0.15, 0.2) is 5.16 Å². The summed E-state index contributed by atoms with van der Waals surface area (Å²) in [4.78, 5) is 20.6. The lowest BCUT2D eigenvalue weighted by atomic mass is 9.97. The molecule has 7 nitrogen and oxygen atoms in total. The van der Waals surface area contributed by atoms with Gasteiger partial charge in [-0.3, -0.25) is 9.36 Å². The zero-order chi connectivity index (χ0) is 19.1. The van der Waals surface area contributed by atoms with Crippen molar-refractivity contribution in [1.82, 2.24) is 19.7 Å². The number of nitrogens with zero attached hydrogens (tertiary/aromatic N) is 4. The minimum absolute atomic E-state index is 0.0732. The van der Waals surface area contributed by atoms with E-state index in [1.54, 1.807) is 18.3 Å². The molecule has 1 atom stereocenters. The highest BCUT2D eigenvalue weighted by atomic mass is 32.2. The van der Waals surface area contributed by atoms with Crippen LogP contribution in [0.15, 0.2) is 14.4 Å². The third-order valence-electron chi connectivity index (χ3n) is 5.34. The average molecular weight is 419 g/mol. The first kappa shape index (κ1) is 18.3. The highest BCUT2D eigenvalue weighted by Gasteiger charge is 2.25. The van der Waals surface area contributed by atoms with Gasteiger partial charge in [-0.05, 0) is 44.1 Å². The number of ether oxygens (including phenoxy) is 1. The minimum atomic E-state index is 0.0732. The molecule has 2 aliphatic rings. The third kappa shape index (κ3) is 3.40. The molecule has 0 N–H and O–H groups in total. The number of hydrogen-bond acceptors (Lipinski definition) is 8. The molecule has 28 heavy (non-hydrogen) atoms. The van der Waals surface area contributed by atoms with Gasteiger partial charge >= 0.3 is 0 Å². The van der Waals surface area contributed by atoms with E-state index in [-0.39, 0.29) is 11.7 Å². The largest absolute Gasteiger partial charge is 0.425 e. The maximum atomic E-state index is 13.5. The number of rotatable bonds is 5. The molecule has 0 aromatic carbocycles. The van der Waals surface area contributed by atoms with Gasteiger partial charge in [0.1, 0.15) is 4.83 Å². The van der Waals surface area contributed by atoms with Crippen LogP contribution in [0.1, 0.15) is 47.9 Å². The molecular weight excluding hydrogens is 396 g/mol. The first-order valence-corrected chi connectivity index (χ1v) is 11.6. The molecule has 5 rings (SSSR count). The summed E-state index contributed by atoms with van der Waals surface area (Å²) in [6, 6.07) is 0. The summed E-state index contributed by atoms with van der Waals surface area (Å²) >= 11 is 3.16. The summed E-state index contributed by atoms with van der Waals surface area (Å²) in [7, 11) is 0. The van der Waals surface area contributed by atoms with Crippen LogP contribution in [-0.2, 0) is 29.9 Å². The number of thiophene rings is 1. The van der Waals surface area contributed by atoms with Gasteiger partial charge in [0, 0.05) is 18.4 Å². The molecule has 0 bridgehead atoms. The Morgan fingerprint density at radius 3 is 2.93 bits per heavy atom. The fourth-order valence-corrected chi connectivity index (χ4v) is 6.15. The quantitative estimate of drug-likeness (QED) is 0.463. The third-order valence-corrected chi connectivity index (χ3v) is 7.49. The Hall–Kier alpha value is -1.71. The van der Waals surface area contributed by atoms with Crippen LogP contribution in [0.3, 0.4) is 0 Å². The van der Waals surface area contributed by atoms with Crippen molar-refractivity contribution in [3.8, 4) is 0 Å². The van der Waals surface area contributed by atoms with Crippen LogP contribution in [0.4, 0.5) is 0 Å². The molecule has 1 saturated heterocycles. The Kier molecular flexibility index (Phi) is 4.98. The maximum Gasteiger partial charge on any atom is 0.263 e. The van der Waals surface area contributed by atoms with E-state index < -0.39 is 0 Å². The second-order valence-corrected chi connectivity index (χ2v) is 9.37. The van der Waals surface area contributed by atoms with E-state index in [0.29, 0.717) is 29.2 Å². The van der Waals surface area contributed by atoms with E-state index in [1.807, 2.05) is 4.57 Å². The Bertz CT molecular complexity index is 1070. The van der Waals surface area contributed by atoms with Crippen LogP contribution in [0.5, 0.6) is 0 Å². The second-order valence-electron chi connectivity index (χ2n) is 7.34. The standard InChI is InChI=1S/C19H22N4O3S2/c1-11-21-22-15(26-11)10-27-19-20-17-16(13-6-2-3-7-14(13)28-17)18(24)23(19)9-12-5-4-8-25-12/h12H,2-10H2,1H3. The van der Waals surface area contributed by atoms with Crippen molar-refractivity contribution >= 4 is 33.3 Å². The summed E-state index contributed by atoms with van der Waals surface area (Å²) in [6.07, 6.45) is 6.51. The molecule has 1 fully saturated rings. The topological polar surface area (TPSA) is 83.0 Å². The number of aryl methyl sites for hydroxylation is 3. The smallest absolute Gasteiger partial charge is 0.263 e. The van der Waals surface area contributed by atoms with Gasteiger partial charge in [-0.25, -0.2) is 4.98 Å². The zero-order valence-corrected chi connectivity index (χ0v) is 17.4. The summed E-state index contributed by atoms with van der Waals surface area (Å²) in [5.74, 6) is 1.59. The van der Waals surface area contributed by atoms with Crippen LogP contribution in [0.25, 0.3) is 10.2 Å². The van der Waals surface area contributed by atoms with Gasteiger partial charge in [0.25, 0.3) is 5.56 Å². The molecular formula is C19H22N4O3S2. The van der Waals surface area contributed by atoms with Gasteiger partial charge in [-0.2, -0.15) is 0 Å². The van der Waals surface area contributed by atoms with E-state index in [9.17, 15) is 4.79 Å². The average Bonchev–Trinajstić information content (AvgIpc) is 3.42. The van der Waals surface area contributed by atoms with Gasteiger partial charge in [-0.1, -0.05) is 11.8 Å². The second kappa shape index (κ2) is 7.61. The molecule has 4 heterocycles. The van der Waals surface area contributed by atoms with Crippen LogP contribution >= 0.6 is 23.1 Å². The van der Waals surface area contributed by atoms with E-state index in [0.717, 1.165) is 48.9 Å². The van der Waals surface area contributed by atoms with Crippen molar-refractivity contribution in [2.75, 3.05) is 6.61 Å². The minimum Gasteiger partial charge on any atom is -0.425 e. The summed E-state index contributed by atoms with van der Waals surface area (Å²) in [6.45, 7) is 3.10. The number of hydrogen-bond donors (Lipinski definition) is 0.